The van der Waals surface area contributed by atoms with Gasteiger partial charge in [0.1, 0.15) is 5.84 Å². The highest BCUT2D eigenvalue weighted by molar-refractivity contribution is 7.89. The molecule has 9 heteroatoms. The molecule has 2 rings (SSSR count). The molecule has 4 N–H and O–H groups in total. The predicted octanol–water partition coefficient (Wildman–Crippen LogP) is 2.02. The topological polar surface area (TPSA) is 122 Å². The Bertz CT molecular complexity index is 898. The molecule has 0 amide bonds. The SMILES string of the molecule is COC(=O)Cc1ccc(CCCNS(=O)(=O)c2ccc(C(=N)N)cc2)cc1.Cl. The molecule has 7 nitrogen and oxygen atoms in total. The summed E-state index contributed by atoms with van der Waals surface area (Å²) in [6.07, 6.45) is 1.59. The Balaban J connectivity index is 0.00000392. The monoisotopic (exact) mass is 425 g/mol. The molecule has 2 aromatic carbocycles. The highest BCUT2D eigenvalue weighted by Gasteiger charge is 2.13. The summed E-state index contributed by atoms with van der Waals surface area (Å²) < 4.78 is 31.7. The van der Waals surface area contributed by atoms with Crippen molar-refractivity contribution in [2.75, 3.05) is 13.7 Å². The van der Waals surface area contributed by atoms with Crippen LogP contribution >= 0.6 is 12.4 Å². The molecule has 0 radical (unpaired) electrons. The zero-order valence-electron chi connectivity index (χ0n) is 15.5. The summed E-state index contributed by atoms with van der Waals surface area (Å²) >= 11 is 0. The molecule has 0 aliphatic carbocycles. The summed E-state index contributed by atoms with van der Waals surface area (Å²) in [5.74, 6) is -0.391. The number of carbonyl (C=O) groups excluding carboxylic acids is 1. The Kier molecular flexibility index (Phi) is 9.11. The van der Waals surface area contributed by atoms with E-state index in [0.29, 0.717) is 24.9 Å². The number of rotatable bonds is 9. The molecule has 0 atom stereocenters. The van der Waals surface area contributed by atoms with Crippen molar-refractivity contribution in [2.45, 2.75) is 24.2 Å². The van der Waals surface area contributed by atoms with Crippen LogP contribution in [0.5, 0.6) is 0 Å². The summed E-state index contributed by atoms with van der Waals surface area (Å²) in [5, 5.41) is 7.33. The minimum atomic E-state index is -3.59. The molecule has 2 aromatic rings. The van der Waals surface area contributed by atoms with E-state index in [1.165, 1.54) is 31.4 Å². The minimum absolute atomic E-state index is 0. The number of sulfonamides is 1. The molecule has 0 bridgehead atoms. The molecule has 28 heavy (non-hydrogen) atoms. The summed E-state index contributed by atoms with van der Waals surface area (Å²) in [7, 11) is -2.24. The molecule has 0 aromatic heterocycles. The van der Waals surface area contributed by atoms with Crippen LogP contribution in [0.4, 0.5) is 0 Å². The summed E-state index contributed by atoms with van der Waals surface area (Å²) in [6.45, 7) is 0.306. The normalized spacial score (nSPS) is 10.8. The number of nitrogens with two attached hydrogens (primary N) is 1. The van der Waals surface area contributed by atoms with E-state index in [9.17, 15) is 13.2 Å². The van der Waals surface area contributed by atoms with Crippen LogP contribution in [0, 0.1) is 5.41 Å². The first kappa shape index (κ1) is 23.6. The number of esters is 1. The van der Waals surface area contributed by atoms with Gasteiger partial charge in [-0.15, -0.1) is 12.4 Å². The van der Waals surface area contributed by atoms with Crippen LogP contribution in [0.2, 0.25) is 0 Å². The standard InChI is InChI=1S/C19H23N3O4S.ClH/c1-26-18(23)13-15-6-4-14(5-7-15)3-2-12-22-27(24,25)17-10-8-16(9-11-17)19(20)21;/h4-11,22H,2-3,12-13H2,1H3,(H3,20,21);1H. The molecule has 0 heterocycles. The third kappa shape index (κ3) is 6.95. The fourth-order valence-electron chi connectivity index (χ4n) is 2.46. The van der Waals surface area contributed by atoms with Crippen LogP contribution in [0.3, 0.4) is 0 Å². The van der Waals surface area contributed by atoms with Gasteiger partial charge in [-0.05, 0) is 48.2 Å². The third-order valence-corrected chi connectivity index (χ3v) is 5.49. The van der Waals surface area contributed by atoms with E-state index < -0.39 is 10.0 Å². The number of nitrogens with one attached hydrogen (secondary N) is 2. The first-order valence-electron chi connectivity index (χ1n) is 8.40. The van der Waals surface area contributed by atoms with Crippen molar-refractivity contribution >= 4 is 34.2 Å². The lowest BCUT2D eigenvalue weighted by Crippen LogP contribution is -2.25. The molecule has 0 aliphatic heterocycles. The lowest BCUT2D eigenvalue weighted by atomic mass is 10.1. The van der Waals surface area contributed by atoms with Crippen LogP contribution in [-0.4, -0.2) is 33.9 Å². The minimum Gasteiger partial charge on any atom is -0.469 e. The van der Waals surface area contributed by atoms with Crippen LogP contribution in [-0.2, 0) is 32.4 Å². The molecule has 0 spiro atoms. The average molecular weight is 426 g/mol. The number of methoxy groups -OCH3 is 1. The molecular formula is C19H24ClN3O4S. The fourth-order valence-corrected chi connectivity index (χ4v) is 3.53. The number of amidine groups is 1. The quantitative estimate of drug-likeness (QED) is 0.245. The van der Waals surface area contributed by atoms with Crippen LogP contribution in [0.25, 0.3) is 0 Å². The van der Waals surface area contributed by atoms with Crippen molar-refractivity contribution < 1.29 is 17.9 Å². The zero-order valence-corrected chi connectivity index (χ0v) is 17.1. The Hall–Kier alpha value is -2.42. The number of ether oxygens (including phenoxy) is 1. The lowest BCUT2D eigenvalue weighted by molar-refractivity contribution is -0.139. The van der Waals surface area contributed by atoms with Crippen molar-refractivity contribution in [1.82, 2.24) is 4.72 Å². The number of halogens is 1. The van der Waals surface area contributed by atoms with Gasteiger partial charge < -0.3 is 10.5 Å². The van der Waals surface area contributed by atoms with Gasteiger partial charge in [0, 0.05) is 12.1 Å². The van der Waals surface area contributed by atoms with Gasteiger partial charge >= 0.3 is 5.97 Å². The highest BCUT2D eigenvalue weighted by atomic mass is 35.5. The number of nitrogen functional groups attached to an aromatic ring is 1. The Morgan fingerprint density at radius 1 is 1.07 bits per heavy atom. The van der Waals surface area contributed by atoms with Gasteiger partial charge in [-0.2, -0.15) is 0 Å². The number of benzene rings is 2. The molecule has 0 unspecified atom stereocenters. The average Bonchev–Trinajstić information content (AvgIpc) is 2.66. The van der Waals surface area contributed by atoms with Crippen molar-refractivity contribution in [3.8, 4) is 0 Å². The maximum Gasteiger partial charge on any atom is 0.309 e. The van der Waals surface area contributed by atoms with Gasteiger partial charge in [0.2, 0.25) is 10.0 Å². The first-order valence-corrected chi connectivity index (χ1v) is 9.89. The van der Waals surface area contributed by atoms with Crippen LogP contribution < -0.4 is 10.5 Å². The van der Waals surface area contributed by atoms with Gasteiger partial charge in [-0.3, -0.25) is 10.2 Å². The van der Waals surface area contributed by atoms with Crippen molar-refractivity contribution in [3.63, 3.8) is 0 Å². The number of hydrogen-bond donors (Lipinski definition) is 3. The second kappa shape index (κ2) is 10.8. The largest absolute Gasteiger partial charge is 0.469 e. The Labute approximate surface area is 171 Å². The van der Waals surface area contributed by atoms with Gasteiger partial charge in [0.05, 0.1) is 18.4 Å². The smallest absolute Gasteiger partial charge is 0.309 e. The molecule has 0 saturated heterocycles. The van der Waals surface area contributed by atoms with E-state index in [2.05, 4.69) is 9.46 Å². The van der Waals surface area contributed by atoms with Crippen LogP contribution in [0.15, 0.2) is 53.4 Å². The van der Waals surface area contributed by atoms with Crippen molar-refractivity contribution in [2.24, 2.45) is 5.73 Å². The van der Waals surface area contributed by atoms with Gasteiger partial charge in [-0.25, -0.2) is 13.1 Å². The van der Waals surface area contributed by atoms with Gasteiger partial charge in [0.25, 0.3) is 0 Å². The summed E-state index contributed by atoms with van der Waals surface area (Å²) in [4.78, 5) is 11.4. The second-order valence-corrected chi connectivity index (χ2v) is 7.78. The van der Waals surface area contributed by atoms with E-state index in [4.69, 9.17) is 11.1 Å². The van der Waals surface area contributed by atoms with Crippen molar-refractivity contribution in [3.05, 3.63) is 65.2 Å². The van der Waals surface area contributed by atoms with Gasteiger partial charge in [-0.1, -0.05) is 24.3 Å². The lowest BCUT2D eigenvalue weighted by Gasteiger charge is -2.08. The predicted molar refractivity (Wildman–Crippen MR) is 110 cm³/mol. The van der Waals surface area contributed by atoms with E-state index in [1.807, 2.05) is 24.3 Å². The van der Waals surface area contributed by atoms with E-state index >= 15 is 0 Å². The van der Waals surface area contributed by atoms with E-state index in [0.717, 1.165) is 11.1 Å². The molecule has 0 fully saturated rings. The molecule has 0 saturated carbocycles. The Morgan fingerprint density at radius 2 is 1.64 bits per heavy atom. The first-order chi connectivity index (χ1) is 12.8. The number of carbonyl (C=O) groups is 1. The molecule has 152 valence electrons. The summed E-state index contributed by atoms with van der Waals surface area (Å²) in [5.41, 5.74) is 7.78. The van der Waals surface area contributed by atoms with Crippen LogP contribution in [0.1, 0.15) is 23.1 Å². The maximum absolute atomic E-state index is 12.3. The van der Waals surface area contributed by atoms with E-state index in [-0.39, 0.29) is 35.5 Å². The maximum atomic E-state index is 12.3. The molecule has 0 aliphatic rings. The summed E-state index contributed by atoms with van der Waals surface area (Å²) in [6, 6.07) is 13.5. The highest BCUT2D eigenvalue weighted by Crippen LogP contribution is 2.11. The third-order valence-electron chi connectivity index (χ3n) is 4.01. The van der Waals surface area contributed by atoms with Crippen molar-refractivity contribution in [1.29, 1.82) is 5.41 Å². The second-order valence-electron chi connectivity index (χ2n) is 6.01. The fraction of sp³-hybridized carbons (Fsp3) is 0.263. The van der Waals surface area contributed by atoms with Gasteiger partial charge in [0.15, 0.2) is 0 Å². The number of hydrogen-bond acceptors (Lipinski definition) is 5. The molecular weight excluding hydrogens is 402 g/mol. The van der Waals surface area contributed by atoms with E-state index in [1.54, 1.807) is 0 Å². The number of aryl methyl sites for hydroxylation is 1. The Morgan fingerprint density at radius 3 is 2.18 bits per heavy atom. The zero-order chi connectivity index (χ0) is 19.9.